The Labute approximate surface area is 116 Å². The van der Waals surface area contributed by atoms with E-state index in [4.69, 9.17) is 21.1 Å². The molecule has 4 heteroatoms. The van der Waals surface area contributed by atoms with Gasteiger partial charge in [-0.25, -0.2) is 0 Å². The Morgan fingerprint density at radius 1 is 0.947 bits per heavy atom. The van der Waals surface area contributed by atoms with Gasteiger partial charge in [0.25, 0.3) is 0 Å². The first kappa shape index (κ1) is 13.4. The van der Waals surface area contributed by atoms with Gasteiger partial charge < -0.3 is 9.47 Å². The quantitative estimate of drug-likeness (QED) is 0.796. The van der Waals surface area contributed by atoms with Crippen molar-refractivity contribution in [2.75, 3.05) is 14.2 Å². The van der Waals surface area contributed by atoms with E-state index >= 15 is 0 Å². The Morgan fingerprint density at radius 2 is 1.58 bits per heavy atom. The lowest BCUT2D eigenvalue weighted by atomic mass is 10.0. The first-order valence-electron chi connectivity index (χ1n) is 5.66. The highest BCUT2D eigenvalue weighted by atomic mass is 35.5. The van der Waals surface area contributed by atoms with Crippen LogP contribution in [-0.2, 0) is 0 Å². The highest BCUT2D eigenvalue weighted by molar-refractivity contribution is 6.32. The first-order chi connectivity index (χ1) is 9.19. The van der Waals surface area contributed by atoms with Crippen molar-refractivity contribution >= 4 is 17.9 Å². The minimum Gasteiger partial charge on any atom is -0.496 e. The summed E-state index contributed by atoms with van der Waals surface area (Å²) in [6.45, 7) is 0. The maximum absolute atomic E-state index is 11.0. The molecule has 0 bridgehead atoms. The van der Waals surface area contributed by atoms with Crippen LogP contribution < -0.4 is 9.47 Å². The molecule has 0 aliphatic carbocycles. The Kier molecular flexibility index (Phi) is 4.07. The van der Waals surface area contributed by atoms with Crippen molar-refractivity contribution in [1.29, 1.82) is 0 Å². The van der Waals surface area contributed by atoms with Crippen molar-refractivity contribution in [1.82, 2.24) is 0 Å². The van der Waals surface area contributed by atoms with Gasteiger partial charge in [-0.15, -0.1) is 0 Å². The number of aldehydes is 1. The highest BCUT2D eigenvalue weighted by Gasteiger charge is 2.07. The fourth-order valence-electron chi connectivity index (χ4n) is 1.85. The summed E-state index contributed by atoms with van der Waals surface area (Å²) in [7, 11) is 3.10. The van der Waals surface area contributed by atoms with Crippen molar-refractivity contribution in [3.05, 3.63) is 47.0 Å². The number of carbonyl (C=O) groups excluding carboxylic acids is 1. The van der Waals surface area contributed by atoms with E-state index in [-0.39, 0.29) is 0 Å². The summed E-state index contributed by atoms with van der Waals surface area (Å²) < 4.78 is 10.3. The molecule has 0 saturated carbocycles. The molecule has 0 aliphatic rings. The molecule has 3 nitrogen and oxygen atoms in total. The molecule has 0 heterocycles. The van der Waals surface area contributed by atoms with Gasteiger partial charge in [0.1, 0.15) is 11.5 Å². The van der Waals surface area contributed by atoms with Crippen molar-refractivity contribution in [3.63, 3.8) is 0 Å². The molecular formula is C15H13ClO3. The number of halogens is 1. The predicted octanol–water partition coefficient (Wildman–Crippen LogP) is 3.84. The molecular weight excluding hydrogens is 264 g/mol. The van der Waals surface area contributed by atoms with Crippen LogP contribution in [0.4, 0.5) is 0 Å². The van der Waals surface area contributed by atoms with Gasteiger partial charge in [-0.05, 0) is 35.4 Å². The van der Waals surface area contributed by atoms with E-state index in [1.807, 2.05) is 18.2 Å². The standard InChI is InChI=1S/C15H13ClO3/c1-18-14-6-4-10(7-12(14)9-17)11-3-5-13(16)15(8-11)19-2/h3-9H,1-2H3. The summed E-state index contributed by atoms with van der Waals surface area (Å²) >= 11 is 5.99. The highest BCUT2D eigenvalue weighted by Crippen LogP contribution is 2.32. The van der Waals surface area contributed by atoms with Gasteiger partial charge in [-0.2, -0.15) is 0 Å². The van der Waals surface area contributed by atoms with Crippen molar-refractivity contribution in [2.24, 2.45) is 0 Å². The van der Waals surface area contributed by atoms with E-state index in [2.05, 4.69) is 0 Å². The summed E-state index contributed by atoms with van der Waals surface area (Å²) in [5.74, 6) is 1.15. The zero-order valence-corrected chi connectivity index (χ0v) is 11.4. The van der Waals surface area contributed by atoms with Crippen LogP contribution in [0.15, 0.2) is 36.4 Å². The Balaban J connectivity index is 2.50. The predicted molar refractivity (Wildman–Crippen MR) is 75.4 cm³/mol. The molecule has 2 aromatic rings. The minimum atomic E-state index is 0.508. The summed E-state index contributed by atoms with van der Waals surface area (Å²) in [6.07, 6.45) is 0.773. The van der Waals surface area contributed by atoms with Crippen LogP contribution in [0, 0.1) is 0 Å². The Hall–Kier alpha value is -2.00. The van der Waals surface area contributed by atoms with E-state index in [1.165, 1.54) is 7.11 Å². The van der Waals surface area contributed by atoms with Gasteiger partial charge in [0.05, 0.1) is 24.8 Å². The average molecular weight is 277 g/mol. The topological polar surface area (TPSA) is 35.5 Å². The second kappa shape index (κ2) is 5.76. The van der Waals surface area contributed by atoms with Crippen LogP contribution in [0.25, 0.3) is 11.1 Å². The summed E-state index contributed by atoms with van der Waals surface area (Å²) in [6, 6.07) is 10.9. The van der Waals surface area contributed by atoms with Crippen LogP contribution in [-0.4, -0.2) is 20.5 Å². The van der Waals surface area contributed by atoms with Gasteiger partial charge in [0, 0.05) is 0 Å². The van der Waals surface area contributed by atoms with Crippen molar-refractivity contribution in [3.8, 4) is 22.6 Å². The zero-order chi connectivity index (χ0) is 13.8. The number of benzene rings is 2. The van der Waals surface area contributed by atoms with Crippen LogP contribution >= 0.6 is 11.6 Å². The molecule has 0 amide bonds. The SMILES string of the molecule is COc1cc(-c2ccc(OC)c(C=O)c2)ccc1Cl. The third-order valence-electron chi connectivity index (χ3n) is 2.84. The summed E-state index contributed by atoms with van der Waals surface area (Å²) in [5.41, 5.74) is 2.33. The number of hydrogen-bond donors (Lipinski definition) is 0. The van der Waals surface area contributed by atoms with E-state index in [9.17, 15) is 4.79 Å². The van der Waals surface area contributed by atoms with Gasteiger partial charge in [0.2, 0.25) is 0 Å². The lowest BCUT2D eigenvalue weighted by Gasteiger charge is -2.09. The first-order valence-corrected chi connectivity index (χ1v) is 6.04. The Bertz CT molecular complexity index is 608. The maximum atomic E-state index is 11.0. The molecule has 0 spiro atoms. The molecule has 98 valence electrons. The van der Waals surface area contributed by atoms with E-state index in [1.54, 1.807) is 25.3 Å². The number of methoxy groups -OCH3 is 2. The van der Waals surface area contributed by atoms with Crippen molar-refractivity contribution in [2.45, 2.75) is 0 Å². The fraction of sp³-hybridized carbons (Fsp3) is 0.133. The van der Waals surface area contributed by atoms with Crippen molar-refractivity contribution < 1.29 is 14.3 Å². The smallest absolute Gasteiger partial charge is 0.153 e. The molecule has 0 aromatic heterocycles. The van der Waals surface area contributed by atoms with Crippen LogP contribution in [0.1, 0.15) is 10.4 Å². The molecule has 0 N–H and O–H groups in total. The van der Waals surface area contributed by atoms with Crippen LogP contribution in [0.3, 0.4) is 0 Å². The fourth-order valence-corrected chi connectivity index (χ4v) is 2.04. The molecule has 0 unspecified atom stereocenters. The molecule has 0 aliphatic heterocycles. The molecule has 0 saturated heterocycles. The largest absolute Gasteiger partial charge is 0.496 e. The number of hydrogen-bond acceptors (Lipinski definition) is 3. The van der Waals surface area contributed by atoms with E-state index < -0.39 is 0 Å². The Morgan fingerprint density at radius 3 is 2.21 bits per heavy atom. The summed E-state index contributed by atoms with van der Waals surface area (Å²) in [5, 5.41) is 0.551. The van der Waals surface area contributed by atoms with Gasteiger partial charge in [-0.3, -0.25) is 4.79 Å². The lowest BCUT2D eigenvalue weighted by Crippen LogP contribution is -1.91. The van der Waals surface area contributed by atoms with Crippen LogP contribution in [0.5, 0.6) is 11.5 Å². The van der Waals surface area contributed by atoms with E-state index in [0.29, 0.717) is 22.1 Å². The van der Waals surface area contributed by atoms with Crippen LogP contribution in [0.2, 0.25) is 5.02 Å². The minimum absolute atomic E-state index is 0.508. The summed E-state index contributed by atoms with van der Waals surface area (Å²) in [4.78, 5) is 11.0. The third-order valence-corrected chi connectivity index (χ3v) is 3.15. The molecule has 2 rings (SSSR count). The monoisotopic (exact) mass is 276 g/mol. The molecule has 0 atom stereocenters. The molecule has 0 fully saturated rings. The number of carbonyl (C=O) groups is 1. The maximum Gasteiger partial charge on any atom is 0.153 e. The van der Waals surface area contributed by atoms with Gasteiger partial charge >= 0.3 is 0 Å². The second-order valence-electron chi connectivity index (χ2n) is 3.92. The average Bonchev–Trinajstić information content (AvgIpc) is 2.47. The molecule has 0 radical (unpaired) electrons. The molecule has 2 aromatic carbocycles. The van der Waals surface area contributed by atoms with Gasteiger partial charge in [-0.1, -0.05) is 23.7 Å². The normalized spacial score (nSPS) is 10.1. The molecule has 19 heavy (non-hydrogen) atoms. The third kappa shape index (κ3) is 2.71. The van der Waals surface area contributed by atoms with Gasteiger partial charge in [0.15, 0.2) is 6.29 Å². The number of ether oxygens (including phenoxy) is 2. The second-order valence-corrected chi connectivity index (χ2v) is 4.33. The van der Waals surface area contributed by atoms with E-state index in [0.717, 1.165) is 17.4 Å². The number of rotatable bonds is 4. The zero-order valence-electron chi connectivity index (χ0n) is 10.6. The lowest BCUT2D eigenvalue weighted by molar-refractivity contribution is 0.112.